The molecule has 0 bridgehead atoms. The summed E-state index contributed by atoms with van der Waals surface area (Å²) in [5.41, 5.74) is 2.72. The number of pyridine rings is 1. The third kappa shape index (κ3) is 3.61. The van der Waals surface area contributed by atoms with E-state index in [-0.39, 0.29) is 23.6 Å². The van der Waals surface area contributed by atoms with E-state index in [1.165, 1.54) is 6.20 Å². The predicted molar refractivity (Wildman–Crippen MR) is 133 cm³/mol. The normalized spacial score (nSPS) is 18.6. The number of hydrogen-bond acceptors (Lipinski definition) is 8. The third-order valence-electron chi connectivity index (χ3n) is 6.98. The molecule has 1 aliphatic heterocycles. The molecule has 12 heteroatoms. The minimum atomic E-state index is -0.263. The van der Waals surface area contributed by atoms with Crippen LogP contribution >= 0.6 is 0 Å². The van der Waals surface area contributed by atoms with Crippen molar-refractivity contribution in [1.82, 2.24) is 34.3 Å². The van der Waals surface area contributed by atoms with Crippen molar-refractivity contribution in [3.05, 3.63) is 58.4 Å². The topological polar surface area (TPSA) is 132 Å². The van der Waals surface area contributed by atoms with E-state index in [0.717, 1.165) is 43.6 Å². The van der Waals surface area contributed by atoms with Gasteiger partial charge in [-0.15, -0.1) is 0 Å². The minimum Gasteiger partial charge on any atom is -0.379 e. The number of amides is 1. The Labute approximate surface area is 206 Å². The van der Waals surface area contributed by atoms with E-state index in [1.54, 1.807) is 47.8 Å². The van der Waals surface area contributed by atoms with E-state index < -0.39 is 0 Å². The quantitative estimate of drug-likeness (QED) is 0.358. The fourth-order valence-corrected chi connectivity index (χ4v) is 4.89. The summed E-state index contributed by atoms with van der Waals surface area (Å²) in [6, 6.07) is 5.22. The van der Waals surface area contributed by atoms with E-state index in [0.29, 0.717) is 28.5 Å². The Morgan fingerprint density at radius 3 is 2.89 bits per heavy atom. The van der Waals surface area contributed by atoms with Gasteiger partial charge in [-0.25, -0.2) is 4.98 Å². The molecule has 186 valence electrons. The van der Waals surface area contributed by atoms with Crippen molar-refractivity contribution in [3.63, 3.8) is 0 Å². The van der Waals surface area contributed by atoms with Gasteiger partial charge in [0.25, 0.3) is 11.5 Å². The molecular weight excluding hydrogens is 462 g/mol. The van der Waals surface area contributed by atoms with Crippen LogP contribution in [0, 0.1) is 0 Å². The summed E-state index contributed by atoms with van der Waals surface area (Å²) in [6.45, 7) is 0.868. The summed E-state index contributed by atoms with van der Waals surface area (Å²) in [7, 11) is 3.41. The molecule has 4 aromatic rings. The number of hydrogen-bond donors (Lipinski definition) is 3. The van der Waals surface area contributed by atoms with Crippen LogP contribution in [-0.2, 0) is 17.7 Å². The van der Waals surface area contributed by atoms with E-state index in [9.17, 15) is 9.59 Å². The Morgan fingerprint density at radius 1 is 1.22 bits per heavy atom. The summed E-state index contributed by atoms with van der Waals surface area (Å²) in [6.07, 6.45) is 8.69. The number of aryl methyl sites for hydroxylation is 1. The number of aromatic nitrogens is 6. The molecule has 12 nitrogen and oxygen atoms in total. The predicted octanol–water partition coefficient (Wildman–Crippen LogP) is 1.72. The van der Waals surface area contributed by atoms with Crippen LogP contribution in [0.5, 0.6) is 0 Å². The molecule has 1 aliphatic carbocycles. The van der Waals surface area contributed by atoms with Crippen molar-refractivity contribution in [1.29, 1.82) is 0 Å². The lowest BCUT2D eigenvalue weighted by Crippen LogP contribution is -2.51. The smallest absolute Gasteiger partial charge is 0.278 e. The van der Waals surface area contributed by atoms with Gasteiger partial charge in [-0.2, -0.15) is 14.7 Å². The maximum absolute atomic E-state index is 13.4. The molecule has 5 heterocycles. The van der Waals surface area contributed by atoms with Gasteiger partial charge in [0.2, 0.25) is 0 Å². The lowest BCUT2D eigenvalue weighted by Gasteiger charge is -2.35. The fraction of sp³-hybridized carbons (Fsp3) is 0.375. The molecular formula is C24H27N9O3. The van der Waals surface area contributed by atoms with Gasteiger partial charge in [-0.1, -0.05) is 0 Å². The molecule has 0 unspecified atom stereocenters. The first-order chi connectivity index (χ1) is 17.6. The van der Waals surface area contributed by atoms with Gasteiger partial charge in [0.05, 0.1) is 35.9 Å². The average Bonchev–Trinajstić information content (AvgIpc) is 3.59. The molecule has 2 atom stereocenters. The largest absolute Gasteiger partial charge is 0.379 e. The van der Waals surface area contributed by atoms with Gasteiger partial charge < -0.3 is 20.7 Å². The maximum Gasteiger partial charge on any atom is 0.278 e. The van der Waals surface area contributed by atoms with Crippen LogP contribution in [0.3, 0.4) is 0 Å². The SMILES string of the molecule is CNc1cc(Nc2cccn(-c3cnn4c3CCC4)c2=O)nc2c(C(=O)N[C@@H]3CC[C@H]3OC)cnn12. The molecule has 2 aliphatic rings. The number of methoxy groups -OCH3 is 1. The molecule has 3 N–H and O–H groups in total. The highest BCUT2D eigenvalue weighted by Gasteiger charge is 2.33. The van der Waals surface area contributed by atoms with E-state index >= 15 is 0 Å². The summed E-state index contributed by atoms with van der Waals surface area (Å²) >= 11 is 0. The molecule has 1 amide bonds. The van der Waals surface area contributed by atoms with Gasteiger partial charge in [0.1, 0.15) is 22.9 Å². The highest BCUT2D eigenvalue weighted by molar-refractivity contribution is 6.00. The Bertz CT molecular complexity index is 1520. The van der Waals surface area contributed by atoms with Crippen molar-refractivity contribution >= 4 is 28.9 Å². The van der Waals surface area contributed by atoms with Crippen LogP contribution in [-0.4, -0.2) is 61.2 Å². The first kappa shape index (κ1) is 22.3. The van der Waals surface area contributed by atoms with E-state index in [4.69, 9.17) is 4.74 Å². The van der Waals surface area contributed by atoms with Crippen LogP contribution in [0.25, 0.3) is 11.3 Å². The number of nitrogens with zero attached hydrogens (tertiary/aromatic N) is 6. The Kier molecular flexibility index (Phi) is 5.44. The van der Waals surface area contributed by atoms with Gasteiger partial charge in [0, 0.05) is 33.0 Å². The van der Waals surface area contributed by atoms with E-state index in [2.05, 4.69) is 31.1 Å². The number of fused-ring (bicyclic) bond motifs is 2. The van der Waals surface area contributed by atoms with Gasteiger partial charge in [-0.3, -0.25) is 18.8 Å². The Hall–Kier alpha value is -4.19. The molecule has 0 aromatic carbocycles. The van der Waals surface area contributed by atoms with Crippen molar-refractivity contribution in [2.24, 2.45) is 0 Å². The summed E-state index contributed by atoms with van der Waals surface area (Å²) in [5, 5.41) is 18.0. The average molecular weight is 490 g/mol. The lowest BCUT2D eigenvalue weighted by molar-refractivity contribution is 0.00732. The standard InChI is InChI=1S/C24H27N9O3/c1-25-21-11-20(30-22-14(12-27-33(21)22)23(34)29-15-7-8-19(15)36-2)28-16-5-3-9-31(24(16)35)18-13-26-32-10-4-6-17(18)32/h3,5,9,11-13,15,19,25H,4,6-8,10H2,1-2H3,(H,28,30)(H,29,34)/t15-,19-/m1/s1. The second-order valence-electron chi connectivity index (χ2n) is 9.03. The highest BCUT2D eigenvalue weighted by Crippen LogP contribution is 2.25. The van der Waals surface area contributed by atoms with Crippen molar-refractivity contribution in [3.8, 4) is 5.69 Å². The molecule has 6 rings (SSSR count). The van der Waals surface area contributed by atoms with Gasteiger partial charge in [0.15, 0.2) is 5.65 Å². The molecule has 0 spiro atoms. The van der Waals surface area contributed by atoms with Crippen molar-refractivity contribution in [2.45, 2.75) is 44.4 Å². The molecule has 36 heavy (non-hydrogen) atoms. The van der Waals surface area contributed by atoms with Gasteiger partial charge >= 0.3 is 0 Å². The summed E-state index contributed by atoms with van der Waals surface area (Å²) < 4.78 is 10.5. The Balaban J connectivity index is 1.33. The Morgan fingerprint density at radius 2 is 2.11 bits per heavy atom. The number of carbonyl (C=O) groups excluding carboxylic acids is 1. The number of carbonyl (C=O) groups is 1. The number of ether oxygens (including phenoxy) is 1. The summed E-state index contributed by atoms with van der Waals surface area (Å²) in [5.74, 6) is 0.765. The third-order valence-corrected chi connectivity index (χ3v) is 6.98. The zero-order valence-electron chi connectivity index (χ0n) is 20.1. The molecule has 1 saturated carbocycles. The fourth-order valence-electron chi connectivity index (χ4n) is 4.89. The van der Waals surface area contributed by atoms with E-state index in [1.807, 2.05) is 10.7 Å². The second-order valence-corrected chi connectivity index (χ2v) is 9.03. The number of nitrogens with one attached hydrogen (secondary N) is 3. The summed E-state index contributed by atoms with van der Waals surface area (Å²) in [4.78, 5) is 31.0. The minimum absolute atomic E-state index is 0.0198. The zero-order valence-corrected chi connectivity index (χ0v) is 20.1. The maximum atomic E-state index is 13.4. The van der Waals surface area contributed by atoms with Crippen molar-refractivity contribution < 1.29 is 9.53 Å². The van der Waals surface area contributed by atoms with Crippen LogP contribution in [0.4, 0.5) is 17.3 Å². The van der Waals surface area contributed by atoms with Gasteiger partial charge in [-0.05, 0) is 37.8 Å². The molecule has 0 radical (unpaired) electrons. The van der Waals surface area contributed by atoms with Crippen molar-refractivity contribution in [2.75, 3.05) is 24.8 Å². The van der Waals surface area contributed by atoms with Crippen LogP contribution < -0.4 is 21.5 Å². The number of rotatable bonds is 7. The first-order valence-electron chi connectivity index (χ1n) is 12.0. The second kappa shape index (κ2) is 8.79. The molecule has 0 saturated heterocycles. The number of anilines is 3. The van der Waals surface area contributed by atoms with Crippen LogP contribution in [0.15, 0.2) is 41.6 Å². The highest BCUT2D eigenvalue weighted by atomic mass is 16.5. The van der Waals surface area contributed by atoms with Crippen LogP contribution in [0.1, 0.15) is 35.3 Å². The lowest BCUT2D eigenvalue weighted by atomic mass is 9.89. The molecule has 1 fully saturated rings. The van der Waals surface area contributed by atoms with Crippen LogP contribution in [0.2, 0.25) is 0 Å². The monoisotopic (exact) mass is 489 g/mol. The molecule has 4 aromatic heterocycles. The zero-order chi connectivity index (χ0) is 24.8. The first-order valence-corrected chi connectivity index (χ1v) is 12.0.